The molecule has 5 aliphatic heterocycles. The summed E-state index contributed by atoms with van der Waals surface area (Å²) in [6.45, 7) is 26.7. The zero-order chi connectivity index (χ0) is 51.1. The molecule has 2 aliphatic carbocycles. The molecule has 5 N–H and O–H groups in total. The fourth-order valence-corrected chi connectivity index (χ4v) is 16.5. The molecule has 2 aromatic carbocycles. The number of rotatable bonds is 14. The second-order valence-electron chi connectivity index (χ2n) is 23.5. The lowest BCUT2D eigenvalue weighted by atomic mass is 9.49. The number of carbonyl (C=O) groups is 2. The van der Waals surface area contributed by atoms with E-state index in [2.05, 4.69) is 127 Å². The molecule has 4 saturated heterocycles. The normalized spacial score (nSPS) is 35.1. The van der Waals surface area contributed by atoms with Crippen molar-refractivity contribution in [1.29, 1.82) is 5.26 Å². The van der Waals surface area contributed by atoms with Crippen LogP contribution in [0.2, 0.25) is 5.02 Å². The summed E-state index contributed by atoms with van der Waals surface area (Å²) >= 11 is 8.41. The van der Waals surface area contributed by atoms with Gasteiger partial charge >= 0.3 is 0 Å². The van der Waals surface area contributed by atoms with Gasteiger partial charge in [0.25, 0.3) is 0 Å². The molecular weight excluding hydrogens is 944 g/mol. The zero-order valence-corrected chi connectivity index (χ0v) is 46.0. The largest absolute Gasteiger partial charge is 0.492 e. The fraction of sp³-hybridized carbons (Fsp3) is 0.714. The van der Waals surface area contributed by atoms with Crippen LogP contribution in [-0.2, 0) is 9.59 Å². The number of ether oxygens (including phenoxy) is 2. The number of nitrogens with one attached hydrogen (secondary N) is 5. The summed E-state index contributed by atoms with van der Waals surface area (Å²) in [6, 6.07) is 15.6. The van der Waals surface area contributed by atoms with Crippen LogP contribution >= 0.6 is 23.4 Å². The molecule has 0 spiro atoms. The molecule has 72 heavy (non-hydrogen) atoms. The highest BCUT2D eigenvalue weighted by atomic mass is 35.5. The molecule has 0 aromatic heterocycles. The maximum atomic E-state index is 14.5. The van der Waals surface area contributed by atoms with Crippen molar-refractivity contribution >= 4 is 40.9 Å². The van der Waals surface area contributed by atoms with Crippen LogP contribution in [0.3, 0.4) is 0 Å². The highest BCUT2D eigenvalue weighted by Gasteiger charge is 2.64. The molecule has 0 radical (unpaired) electrons. The molecule has 9 rings (SSSR count). The molecule has 11 atom stereocenters. The third kappa shape index (κ3) is 10.8. The molecule has 14 nitrogen and oxygen atoms in total. The van der Waals surface area contributed by atoms with Gasteiger partial charge in [0, 0.05) is 85.6 Å². The molecule has 394 valence electrons. The van der Waals surface area contributed by atoms with Gasteiger partial charge in [-0.05, 0) is 85.9 Å². The highest BCUT2D eigenvalue weighted by molar-refractivity contribution is 8.00. The van der Waals surface area contributed by atoms with Crippen molar-refractivity contribution in [3.63, 3.8) is 0 Å². The molecule has 2 aromatic rings. The topological polar surface area (TPSA) is 159 Å². The Morgan fingerprint density at radius 3 is 2.32 bits per heavy atom. The van der Waals surface area contributed by atoms with E-state index in [0.717, 1.165) is 56.2 Å². The van der Waals surface area contributed by atoms with Crippen LogP contribution in [0.25, 0.3) is 0 Å². The van der Waals surface area contributed by atoms with Crippen LogP contribution in [0.5, 0.6) is 11.5 Å². The molecule has 7 aliphatic rings. The van der Waals surface area contributed by atoms with Crippen molar-refractivity contribution in [2.45, 2.75) is 155 Å². The van der Waals surface area contributed by atoms with Gasteiger partial charge in [-0.1, -0.05) is 92.2 Å². The lowest BCUT2D eigenvalue weighted by molar-refractivity contribution is -0.174. The van der Waals surface area contributed by atoms with E-state index in [1.54, 1.807) is 12.1 Å². The third-order valence-corrected chi connectivity index (χ3v) is 20.2. The first-order chi connectivity index (χ1) is 34.5. The molecule has 2 amide bonds. The van der Waals surface area contributed by atoms with Crippen LogP contribution in [0.4, 0.5) is 0 Å². The van der Waals surface area contributed by atoms with Gasteiger partial charge in [0.05, 0.1) is 52.8 Å². The Morgan fingerprint density at radius 1 is 0.931 bits per heavy atom. The average Bonchev–Trinajstić information content (AvgIpc) is 3.77. The number of hydrazine groups is 1. The summed E-state index contributed by atoms with van der Waals surface area (Å²) < 4.78 is 13.0. The van der Waals surface area contributed by atoms with E-state index in [1.807, 2.05) is 24.8 Å². The minimum Gasteiger partial charge on any atom is -0.492 e. The number of amides is 2. The van der Waals surface area contributed by atoms with E-state index < -0.39 is 0 Å². The smallest absolute Gasteiger partial charge is 0.224 e. The van der Waals surface area contributed by atoms with Crippen molar-refractivity contribution in [3.05, 3.63) is 58.6 Å². The number of piperazine rings is 1. The van der Waals surface area contributed by atoms with Gasteiger partial charge in [0.15, 0.2) is 0 Å². The summed E-state index contributed by atoms with van der Waals surface area (Å²) in [7, 11) is 0. The summed E-state index contributed by atoms with van der Waals surface area (Å²) in [5, 5.41) is 21.1. The van der Waals surface area contributed by atoms with Crippen LogP contribution in [0.1, 0.15) is 118 Å². The van der Waals surface area contributed by atoms with Crippen molar-refractivity contribution < 1.29 is 19.1 Å². The molecule has 10 unspecified atom stereocenters. The first kappa shape index (κ1) is 53.4. The Bertz CT molecular complexity index is 2280. The molecular formula is C56H83ClN10O4S. The van der Waals surface area contributed by atoms with Crippen LogP contribution < -0.4 is 36.3 Å². The number of hydrogen-bond acceptors (Lipinski definition) is 13. The Morgan fingerprint density at radius 2 is 1.64 bits per heavy atom. The van der Waals surface area contributed by atoms with E-state index >= 15 is 0 Å². The van der Waals surface area contributed by atoms with Gasteiger partial charge in [-0.3, -0.25) is 29.3 Å². The molecule has 5 heterocycles. The SMILES string of the molecule is CCNC(=O)C[C@@H]1N=C(c2ccc(OCCN3CCN(C4NCC(C(=O)NC5C(C)(C)C(Oc6ccc(C#N)c(Cl)c6)C5(C)C)CC(C5CCCCC5)C4C)CC3)cc2)C2C(C)C(C)SC2N2C(C)NNC12. The van der Waals surface area contributed by atoms with E-state index in [4.69, 9.17) is 26.1 Å². The van der Waals surface area contributed by atoms with Crippen LogP contribution in [0.15, 0.2) is 47.5 Å². The van der Waals surface area contributed by atoms with Crippen molar-refractivity contribution in [2.75, 3.05) is 52.4 Å². The number of nitrogens with zero attached hydrogens (tertiary/aromatic N) is 5. The van der Waals surface area contributed by atoms with Crippen molar-refractivity contribution in [2.24, 2.45) is 51.3 Å². The number of carbonyl (C=O) groups excluding carboxylic acids is 2. The van der Waals surface area contributed by atoms with Crippen molar-refractivity contribution in [1.82, 2.24) is 41.5 Å². The number of fused-ring (bicyclic) bond motifs is 3. The number of hydrogen-bond donors (Lipinski definition) is 5. The van der Waals surface area contributed by atoms with E-state index in [-0.39, 0.29) is 76.5 Å². The Balaban J connectivity index is 0.800. The summed E-state index contributed by atoms with van der Waals surface area (Å²) in [5.74, 6) is 3.76. The number of halogens is 1. The van der Waals surface area contributed by atoms with Crippen molar-refractivity contribution in [3.8, 4) is 17.6 Å². The predicted molar refractivity (Wildman–Crippen MR) is 288 cm³/mol. The standard InChI is InChI=1S/C56H83ClN10O4S/c1-10-59-46(68)30-45-50-64-63-36(5)67(50)52-47(33(2)35(4)72-52)48(61-45)38-16-19-41(20-17-38)70-27-26-65-22-24-66(25-23-65)49-34(3)43(37-14-12-11-13-15-37)28-40(32-60-49)51(69)62-53-55(6,7)54(56(53,8)9)71-42-21-18-39(31-58)44(57)29-42/h16-21,29,33-37,40,43,45,47,49-50,52-54,60,63-64H,10-15,22-28,30,32H2,1-9H3,(H,59,68)(H,62,69)/t33?,34?,35?,36?,40?,43?,45-,47?,49?,50?,52?,53?,54?/m0/s1. The number of aliphatic imine (C=N–C) groups is 1. The molecule has 0 bridgehead atoms. The number of nitriles is 1. The minimum absolute atomic E-state index is 0.0293. The van der Waals surface area contributed by atoms with Gasteiger partial charge < -0.3 is 25.4 Å². The molecule has 2 saturated carbocycles. The minimum atomic E-state index is -0.319. The Labute approximate surface area is 439 Å². The summed E-state index contributed by atoms with van der Waals surface area (Å²) in [6.07, 6.45) is 7.77. The molecule has 6 fully saturated rings. The van der Waals surface area contributed by atoms with Gasteiger partial charge in [-0.2, -0.15) is 5.26 Å². The Kier molecular flexibility index (Phi) is 16.6. The maximum Gasteiger partial charge on any atom is 0.224 e. The number of benzene rings is 2. The Hall–Kier alpha value is -3.46. The second-order valence-corrected chi connectivity index (χ2v) is 25.4. The average molecular weight is 1030 g/mol. The lowest BCUT2D eigenvalue weighted by Crippen LogP contribution is -2.75. The van der Waals surface area contributed by atoms with E-state index in [0.29, 0.717) is 71.4 Å². The van der Waals surface area contributed by atoms with Gasteiger partial charge in [-0.15, -0.1) is 11.8 Å². The summed E-state index contributed by atoms with van der Waals surface area (Å²) in [5.41, 5.74) is 8.94. The second kappa shape index (κ2) is 22.4. The lowest BCUT2D eigenvalue weighted by Gasteiger charge is -2.63. The summed E-state index contributed by atoms with van der Waals surface area (Å²) in [4.78, 5) is 40.7. The van der Waals surface area contributed by atoms with Crippen LogP contribution in [0, 0.1) is 57.7 Å². The quantitative estimate of drug-likeness (QED) is 0.127. The third-order valence-electron chi connectivity index (χ3n) is 18.2. The van der Waals surface area contributed by atoms with Gasteiger partial charge in [0.1, 0.15) is 30.3 Å². The van der Waals surface area contributed by atoms with E-state index in [9.17, 15) is 14.9 Å². The fourth-order valence-electron chi connectivity index (χ4n) is 14.4. The maximum absolute atomic E-state index is 14.5. The van der Waals surface area contributed by atoms with E-state index in [1.165, 1.54) is 32.1 Å². The van der Waals surface area contributed by atoms with Gasteiger partial charge in [-0.25, -0.2) is 10.9 Å². The van der Waals surface area contributed by atoms with Crippen LogP contribution in [-0.4, -0.2) is 132 Å². The van der Waals surface area contributed by atoms with Gasteiger partial charge in [0.2, 0.25) is 11.8 Å². The number of thioether (sulfide) groups is 1. The highest BCUT2D eigenvalue weighted by Crippen LogP contribution is 2.56. The molecule has 16 heteroatoms. The first-order valence-electron chi connectivity index (χ1n) is 27.4. The zero-order valence-electron chi connectivity index (χ0n) is 44.4. The first-order valence-corrected chi connectivity index (χ1v) is 28.7. The predicted octanol–water partition coefficient (Wildman–Crippen LogP) is 7.47. The monoisotopic (exact) mass is 1030 g/mol.